The van der Waals surface area contributed by atoms with Gasteiger partial charge in [0.05, 0.1) is 15.7 Å². The Balaban J connectivity index is 1.36. The topological polar surface area (TPSA) is 145 Å². The molecule has 2 aromatic carbocycles. The third-order valence-electron chi connectivity index (χ3n) is 5.52. The first-order valence-electron chi connectivity index (χ1n) is 10.5. The highest BCUT2D eigenvalue weighted by molar-refractivity contribution is 7.86. The third-order valence-corrected chi connectivity index (χ3v) is 7.22. The van der Waals surface area contributed by atoms with Crippen molar-refractivity contribution in [3.8, 4) is 5.75 Å². The zero-order valence-corrected chi connectivity index (χ0v) is 19.1. The number of carbonyl (C=O) groups is 3. The number of hydrogen-bond acceptors (Lipinski definition) is 8. The first-order valence-corrected chi connectivity index (χ1v) is 11.9. The van der Waals surface area contributed by atoms with Gasteiger partial charge in [0, 0.05) is 17.9 Å². The van der Waals surface area contributed by atoms with E-state index in [1.54, 1.807) is 30.3 Å². The molecular formula is C23H21N3O8S. The van der Waals surface area contributed by atoms with Gasteiger partial charge in [-0.1, -0.05) is 24.8 Å². The zero-order chi connectivity index (χ0) is 25.1. The summed E-state index contributed by atoms with van der Waals surface area (Å²) in [7, 11) is -1.57. The molecule has 35 heavy (non-hydrogen) atoms. The molecular weight excluding hydrogens is 478 g/mol. The van der Waals surface area contributed by atoms with Crippen molar-refractivity contribution < 1.29 is 33.0 Å². The maximum atomic E-state index is 12.8. The van der Waals surface area contributed by atoms with Crippen molar-refractivity contribution in [1.29, 1.82) is 0 Å². The van der Waals surface area contributed by atoms with E-state index in [2.05, 4.69) is 11.9 Å². The van der Waals surface area contributed by atoms with Gasteiger partial charge in [-0.05, 0) is 35.4 Å². The van der Waals surface area contributed by atoms with E-state index in [0.29, 0.717) is 11.3 Å². The fourth-order valence-electron chi connectivity index (χ4n) is 3.82. The summed E-state index contributed by atoms with van der Waals surface area (Å²) in [6.07, 6.45) is 0. The van der Waals surface area contributed by atoms with E-state index in [-0.39, 0.29) is 30.2 Å². The first-order chi connectivity index (χ1) is 16.8. The van der Waals surface area contributed by atoms with Crippen LogP contribution in [0.1, 0.15) is 5.56 Å². The average molecular weight is 500 g/mol. The number of benzene rings is 2. The maximum absolute atomic E-state index is 12.8. The van der Waals surface area contributed by atoms with Gasteiger partial charge in [0.25, 0.3) is 11.6 Å². The van der Waals surface area contributed by atoms with Crippen LogP contribution in [0.3, 0.4) is 0 Å². The second-order valence-corrected chi connectivity index (χ2v) is 9.43. The molecule has 2 heterocycles. The summed E-state index contributed by atoms with van der Waals surface area (Å²) in [5.74, 6) is -1.45. The van der Waals surface area contributed by atoms with Crippen molar-refractivity contribution in [1.82, 2.24) is 10.2 Å². The van der Waals surface area contributed by atoms with E-state index in [0.717, 1.165) is 4.90 Å². The molecule has 0 unspecified atom stereocenters. The number of nitrogens with one attached hydrogen (secondary N) is 1. The number of amides is 2. The lowest BCUT2D eigenvalue weighted by atomic mass is 9.98. The molecule has 1 N–H and O–H groups in total. The maximum Gasteiger partial charge on any atom is 0.333 e. The van der Waals surface area contributed by atoms with Crippen LogP contribution in [0.25, 0.3) is 0 Å². The lowest BCUT2D eigenvalue weighted by Gasteiger charge is -2.52. The summed E-state index contributed by atoms with van der Waals surface area (Å²) in [5, 5.41) is 12.4. The van der Waals surface area contributed by atoms with Crippen molar-refractivity contribution in [2.24, 2.45) is 0 Å². The number of hydrogen-bond donors (Lipinski definition) is 1. The number of fused-ring (bicyclic) bond motifs is 1. The Hall–Kier alpha value is -4.06. The predicted octanol–water partition coefficient (Wildman–Crippen LogP) is 1.06. The number of rotatable bonds is 8. The van der Waals surface area contributed by atoms with Crippen molar-refractivity contribution in [2.45, 2.75) is 24.1 Å². The Labute approximate surface area is 202 Å². The van der Waals surface area contributed by atoms with E-state index in [1.807, 2.05) is 0 Å². The average Bonchev–Trinajstić information content (AvgIpc) is 2.85. The molecule has 0 radical (unpaired) electrons. The van der Waals surface area contributed by atoms with Crippen molar-refractivity contribution in [2.75, 3.05) is 12.4 Å². The van der Waals surface area contributed by atoms with E-state index in [1.165, 1.54) is 24.3 Å². The molecule has 4 atom stereocenters. The number of esters is 1. The summed E-state index contributed by atoms with van der Waals surface area (Å²) >= 11 is 0. The van der Waals surface area contributed by atoms with Crippen LogP contribution < -0.4 is 10.1 Å². The SMILES string of the molecule is C=C1C[S@](=O)[C@@H]2[C@H](NC(=O)COc3ccccc3)C(=O)N2[C@H]1C(=O)OCc1ccc([N+](=O)[O-])cc1. The Morgan fingerprint density at radius 3 is 2.51 bits per heavy atom. The Kier molecular flexibility index (Phi) is 6.92. The van der Waals surface area contributed by atoms with Crippen LogP contribution in [-0.4, -0.2) is 61.6 Å². The largest absolute Gasteiger partial charge is 0.484 e. The molecule has 2 amide bonds. The minimum Gasteiger partial charge on any atom is -0.484 e. The fourth-order valence-corrected chi connectivity index (χ4v) is 5.49. The molecule has 0 saturated carbocycles. The predicted molar refractivity (Wildman–Crippen MR) is 123 cm³/mol. The molecule has 182 valence electrons. The van der Waals surface area contributed by atoms with Crippen molar-refractivity contribution in [3.05, 3.63) is 82.4 Å². The van der Waals surface area contributed by atoms with Crippen LogP contribution in [0.15, 0.2) is 66.7 Å². The fraction of sp³-hybridized carbons (Fsp3) is 0.261. The zero-order valence-electron chi connectivity index (χ0n) is 18.3. The Morgan fingerprint density at radius 2 is 1.86 bits per heavy atom. The van der Waals surface area contributed by atoms with E-state index in [9.17, 15) is 28.7 Å². The molecule has 11 nitrogen and oxygen atoms in total. The van der Waals surface area contributed by atoms with Crippen LogP contribution in [0, 0.1) is 10.1 Å². The van der Waals surface area contributed by atoms with Crippen LogP contribution in [0.2, 0.25) is 0 Å². The van der Waals surface area contributed by atoms with Gasteiger partial charge < -0.3 is 19.7 Å². The van der Waals surface area contributed by atoms with Gasteiger partial charge in [-0.2, -0.15) is 0 Å². The van der Waals surface area contributed by atoms with E-state index in [4.69, 9.17) is 9.47 Å². The van der Waals surface area contributed by atoms with Gasteiger partial charge in [0.2, 0.25) is 5.91 Å². The first kappa shape index (κ1) is 24.1. The molecule has 0 aromatic heterocycles. The molecule has 0 aliphatic carbocycles. The second-order valence-electron chi connectivity index (χ2n) is 7.90. The number of nitrogens with zero attached hydrogens (tertiary/aromatic N) is 2. The van der Waals surface area contributed by atoms with Gasteiger partial charge in [-0.25, -0.2) is 4.79 Å². The molecule has 2 saturated heterocycles. The molecule has 4 rings (SSSR count). The van der Waals surface area contributed by atoms with Crippen LogP contribution in [0.5, 0.6) is 5.75 Å². The third kappa shape index (κ3) is 5.06. The molecule has 2 fully saturated rings. The molecule has 0 spiro atoms. The smallest absolute Gasteiger partial charge is 0.333 e. The number of nitro benzene ring substituents is 1. The van der Waals surface area contributed by atoms with Gasteiger partial charge in [0.15, 0.2) is 12.6 Å². The minimum atomic E-state index is -1.57. The van der Waals surface area contributed by atoms with Crippen LogP contribution in [-0.2, 0) is 36.5 Å². The highest BCUT2D eigenvalue weighted by Crippen LogP contribution is 2.34. The molecule has 2 aromatic rings. The number of para-hydroxylation sites is 1. The number of nitro groups is 1. The summed E-state index contributed by atoms with van der Waals surface area (Å²) < 4.78 is 23.4. The number of non-ortho nitro benzene ring substituents is 1. The molecule has 2 aliphatic heterocycles. The van der Waals surface area contributed by atoms with Crippen LogP contribution in [0.4, 0.5) is 5.69 Å². The Morgan fingerprint density at radius 1 is 1.17 bits per heavy atom. The Bertz CT molecular complexity index is 1200. The quantitative estimate of drug-likeness (QED) is 0.187. The van der Waals surface area contributed by atoms with Gasteiger partial charge in [0.1, 0.15) is 23.8 Å². The number of carbonyl (C=O) groups excluding carboxylic acids is 3. The monoisotopic (exact) mass is 499 g/mol. The number of β-lactam (4-membered cyclic amide) rings is 1. The summed E-state index contributed by atoms with van der Waals surface area (Å²) in [6, 6.07) is 11.9. The highest BCUT2D eigenvalue weighted by Gasteiger charge is 2.59. The molecule has 2 aliphatic rings. The molecule has 0 bridgehead atoms. The standard InChI is InChI=1S/C23H21N3O8S/c1-14-13-35(32)22-19(24-18(27)12-33-17-5-3-2-4-6-17)21(28)25(22)20(14)23(29)34-11-15-7-9-16(10-8-15)26(30)31/h2-10,19-20,22H,1,11-13H2,(H,24,27)/t19-,20-,22-,35+/m1/s1. The minimum absolute atomic E-state index is 0.0291. The highest BCUT2D eigenvalue weighted by atomic mass is 32.2. The van der Waals surface area contributed by atoms with Crippen molar-refractivity contribution >= 4 is 34.3 Å². The van der Waals surface area contributed by atoms with E-state index >= 15 is 0 Å². The molecule has 12 heteroatoms. The van der Waals surface area contributed by atoms with Crippen molar-refractivity contribution in [3.63, 3.8) is 0 Å². The summed E-state index contributed by atoms with van der Waals surface area (Å²) in [5.41, 5.74) is 0.683. The van der Waals surface area contributed by atoms with E-state index < -0.39 is 51.0 Å². The van der Waals surface area contributed by atoms with Gasteiger partial charge >= 0.3 is 5.97 Å². The second kappa shape index (κ2) is 10.1. The lowest BCUT2D eigenvalue weighted by Crippen LogP contribution is -2.77. The van der Waals surface area contributed by atoms with Crippen LogP contribution >= 0.6 is 0 Å². The van der Waals surface area contributed by atoms with Gasteiger partial charge in [-0.15, -0.1) is 0 Å². The normalized spacial score (nSPS) is 23.0. The lowest BCUT2D eigenvalue weighted by molar-refractivity contribution is -0.384. The summed E-state index contributed by atoms with van der Waals surface area (Å²) in [4.78, 5) is 49.2. The van der Waals surface area contributed by atoms with Gasteiger partial charge in [-0.3, -0.25) is 23.9 Å². The number of ether oxygens (including phenoxy) is 2. The summed E-state index contributed by atoms with van der Waals surface area (Å²) in [6.45, 7) is 3.28.